The van der Waals surface area contributed by atoms with Crippen molar-refractivity contribution in [3.8, 4) is 0 Å². The topological polar surface area (TPSA) is 26.0 Å². The van der Waals surface area contributed by atoms with Crippen molar-refractivity contribution in [2.45, 2.75) is 77.7 Å². The molecule has 0 heterocycles. The van der Waals surface area contributed by atoms with Gasteiger partial charge in [0, 0.05) is 6.04 Å². The van der Waals surface area contributed by atoms with Gasteiger partial charge < -0.3 is 5.73 Å². The van der Waals surface area contributed by atoms with Crippen LogP contribution < -0.4 is 5.73 Å². The first-order valence-electron chi connectivity index (χ1n) is 7.01. The molecule has 0 spiro atoms. The van der Waals surface area contributed by atoms with Crippen molar-refractivity contribution < 1.29 is 0 Å². The lowest BCUT2D eigenvalue weighted by atomic mass is 9.82. The van der Waals surface area contributed by atoms with Crippen LogP contribution in [0.3, 0.4) is 0 Å². The van der Waals surface area contributed by atoms with E-state index in [9.17, 15) is 0 Å². The van der Waals surface area contributed by atoms with E-state index in [2.05, 4.69) is 13.8 Å². The van der Waals surface area contributed by atoms with Crippen molar-refractivity contribution in [3.05, 3.63) is 0 Å². The third-order valence-corrected chi connectivity index (χ3v) is 4.15. The minimum absolute atomic E-state index is 0.470. The smallest absolute Gasteiger partial charge is 0.00441 e. The molecule has 1 aliphatic carbocycles. The molecule has 2 N–H and O–H groups in total. The summed E-state index contributed by atoms with van der Waals surface area (Å²) in [6.45, 7) is 4.59. The molecule has 0 amide bonds. The summed E-state index contributed by atoms with van der Waals surface area (Å²) < 4.78 is 0. The van der Waals surface area contributed by atoms with E-state index in [4.69, 9.17) is 5.73 Å². The highest BCUT2D eigenvalue weighted by atomic mass is 14.6. The van der Waals surface area contributed by atoms with Crippen LogP contribution in [0, 0.1) is 11.8 Å². The van der Waals surface area contributed by atoms with Crippen LogP contribution in [0.2, 0.25) is 0 Å². The van der Waals surface area contributed by atoms with E-state index in [0.717, 1.165) is 11.8 Å². The first-order valence-corrected chi connectivity index (χ1v) is 7.01. The van der Waals surface area contributed by atoms with Gasteiger partial charge >= 0.3 is 0 Å². The molecule has 0 aromatic carbocycles. The number of nitrogens with two attached hydrogens (primary N) is 1. The zero-order chi connectivity index (χ0) is 11.1. The molecule has 90 valence electrons. The lowest BCUT2D eigenvalue weighted by Gasteiger charge is -2.26. The molecule has 1 nitrogen and oxygen atoms in total. The normalized spacial score (nSPS) is 20.8. The van der Waals surface area contributed by atoms with Gasteiger partial charge in [-0.15, -0.1) is 0 Å². The van der Waals surface area contributed by atoms with Crippen molar-refractivity contribution in [3.63, 3.8) is 0 Å². The van der Waals surface area contributed by atoms with E-state index >= 15 is 0 Å². The molecule has 0 aromatic rings. The fourth-order valence-electron chi connectivity index (χ4n) is 3.00. The molecule has 0 radical (unpaired) electrons. The Balaban J connectivity index is 2.18. The molecular formula is C14H29N. The Bertz CT molecular complexity index is 145. The zero-order valence-corrected chi connectivity index (χ0v) is 10.7. The van der Waals surface area contributed by atoms with E-state index in [1.807, 2.05) is 0 Å². The van der Waals surface area contributed by atoms with E-state index < -0.39 is 0 Å². The molecule has 1 aliphatic rings. The average Bonchev–Trinajstić information content (AvgIpc) is 2.27. The van der Waals surface area contributed by atoms with Gasteiger partial charge in [-0.2, -0.15) is 0 Å². The molecule has 1 unspecified atom stereocenters. The first kappa shape index (κ1) is 13.0. The van der Waals surface area contributed by atoms with Gasteiger partial charge in [0.25, 0.3) is 0 Å². The largest absolute Gasteiger partial charge is 0.328 e. The molecule has 0 saturated heterocycles. The Labute approximate surface area is 95.8 Å². The summed E-state index contributed by atoms with van der Waals surface area (Å²) in [5.74, 6) is 1.81. The lowest BCUT2D eigenvalue weighted by molar-refractivity contribution is 0.292. The fraction of sp³-hybridized carbons (Fsp3) is 1.00. The minimum atomic E-state index is 0.470. The van der Waals surface area contributed by atoms with Gasteiger partial charge in [0.05, 0.1) is 0 Å². The fourth-order valence-corrected chi connectivity index (χ4v) is 3.00. The summed E-state index contributed by atoms with van der Waals surface area (Å²) >= 11 is 0. The van der Waals surface area contributed by atoms with Gasteiger partial charge in [-0.1, -0.05) is 58.8 Å². The maximum Gasteiger partial charge on any atom is 0.00441 e. The highest BCUT2D eigenvalue weighted by Gasteiger charge is 2.18. The van der Waals surface area contributed by atoms with Crippen molar-refractivity contribution in [1.82, 2.24) is 0 Å². The van der Waals surface area contributed by atoms with E-state index in [-0.39, 0.29) is 0 Å². The maximum atomic E-state index is 6.26. The molecule has 1 saturated carbocycles. The van der Waals surface area contributed by atoms with Gasteiger partial charge in [-0.3, -0.25) is 0 Å². The molecule has 15 heavy (non-hydrogen) atoms. The Morgan fingerprint density at radius 3 is 2.20 bits per heavy atom. The lowest BCUT2D eigenvalue weighted by Crippen LogP contribution is -2.27. The summed E-state index contributed by atoms with van der Waals surface area (Å²) in [5, 5.41) is 0. The Kier molecular flexibility index (Phi) is 6.31. The Hall–Kier alpha value is -0.0400. The van der Waals surface area contributed by atoms with Crippen LogP contribution in [-0.2, 0) is 0 Å². The Morgan fingerprint density at radius 2 is 1.67 bits per heavy atom. The third-order valence-electron chi connectivity index (χ3n) is 4.15. The van der Waals surface area contributed by atoms with Gasteiger partial charge in [-0.25, -0.2) is 0 Å². The molecule has 1 atom stereocenters. The average molecular weight is 211 g/mol. The predicted octanol–water partition coefficient (Wildman–Crippen LogP) is 4.11. The SMILES string of the molecule is CCC(CC)CC(N)CC1CCCCC1. The number of rotatable bonds is 6. The van der Waals surface area contributed by atoms with Crippen LogP contribution in [0.25, 0.3) is 0 Å². The molecule has 0 bridgehead atoms. The van der Waals surface area contributed by atoms with Crippen LogP contribution in [-0.4, -0.2) is 6.04 Å². The second-order valence-corrected chi connectivity index (χ2v) is 5.42. The second-order valence-electron chi connectivity index (χ2n) is 5.42. The summed E-state index contributed by atoms with van der Waals surface area (Å²) in [6, 6.07) is 0.470. The van der Waals surface area contributed by atoms with Crippen LogP contribution in [0.15, 0.2) is 0 Å². The predicted molar refractivity (Wildman–Crippen MR) is 67.9 cm³/mol. The summed E-state index contributed by atoms with van der Waals surface area (Å²) in [6.07, 6.45) is 12.4. The van der Waals surface area contributed by atoms with Crippen molar-refractivity contribution >= 4 is 0 Å². The monoisotopic (exact) mass is 211 g/mol. The van der Waals surface area contributed by atoms with Gasteiger partial charge in [-0.05, 0) is 24.7 Å². The van der Waals surface area contributed by atoms with Gasteiger partial charge in [0.15, 0.2) is 0 Å². The molecule has 0 aliphatic heterocycles. The first-order chi connectivity index (χ1) is 7.26. The third kappa shape index (κ3) is 5.01. The van der Waals surface area contributed by atoms with Crippen LogP contribution in [0.1, 0.15) is 71.6 Å². The molecular weight excluding hydrogens is 182 g/mol. The van der Waals surface area contributed by atoms with Crippen molar-refractivity contribution in [2.75, 3.05) is 0 Å². The van der Waals surface area contributed by atoms with Crippen molar-refractivity contribution in [2.24, 2.45) is 17.6 Å². The minimum Gasteiger partial charge on any atom is -0.328 e. The standard InChI is InChI=1S/C14H29N/c1-3-12(4-2)10-14(15)11-13-8-6-5-7-9-13/h12-14H,3-11,15H2,1-2H3. The van der Waals surface area contributed by atoms with Gasteiger partial charge in [0.2, 0.25) is 0 Å². The number of hydrogen-bond donors (Lipinski definition) is 1. The summed E-state index contributed by atoms with van der Waals surface area (Å²) in [7, 11) is 0. The van der Waals surface area contributed by atoms with E-state index in [1.54, 1.807) is 0 Å². The second kappa shape index (κ2) is 7.27. The quantitative estimate of drug-likeness (QED) is 0.703. The van der Waals surface area contributed by atoms with Crippen LogP contribution in [0.5, 0.6) is 0 Å². The summed E-state index contributed by atoms with van der Waals surface area (Å²) in [5.41, 5.74) is 6.26. The molecule has 1 rings (SSSR count). The van der Waals surface area contributed by atoms with Crippen LogP contribution >= 0.6 is 0 Å². The van der Waals surface area contributed by atoms with Gasteiger partial charge in [0.1, 0.15) is 0 Å². The van der Waals surface area contributed by atoms with E-state index in [0.29, 0.717) is 6.04 Å². The Morgan fingerprint density at radius 1 is 1.07 bits per heavy atom. The molecule has 1 heteroatoms. The van der Waals surface area contributed by atoms with E-state index in [1.165, 1.54) is 57.8 Å². The maximum absolute atomic E-state index is 6.26. The summed E-state index contributed by atoms with van der Waals surface area (Å²) in [4.78, 5) is 0. The number of hydrogen-bond acceptors (Lipinski definition) is 1. The van der Waals surface area contributed by atoms with Crippen LogP contribution in [0.4, 0.5) is 0 Å². The highest BCUT2D eigenvalue weighted by molar-refractivity contribution is 4.74. The molecule has 1 fully saturated rings. The zero-order valence-electron chi connectivity index (χ0n) is 10.7. The van der Waals surface area contributed by atoms with Crippen molar-refractivity contribution in [1.29, 1.82) is 0 Å². The highest BCUT2D eigenvalue weighted by Crippen LogP contribution is 2.28. The molecule has 0 aromatic heterocycles.